The molecule has 1 amide bonds. The number of aryl methyl sites for hydroxylation is 1. The number of nitrogens with zero attached hydrogens (tertiary/aromatic N) is 4. The van der Waals surface area contributed by atoms with E-state index in [0.29, 0.717) is 48.4 Å². The second-order valence-corrected chi connectivity index (χ2v) is 6.83. The number of hydrogen-bond donors (Lipinski definition) is 0. The van der Waals surface area contributed by atoms with Gasteiger partial charge < -0.3 is 23.6 Å². The summed E-state index contributed by atoms with van der Waals surface area (Å²) in [5.74, 6) is 2.07. The van der Waals surface area contributed by atoms with Gasteiger partial charge in [0.2, 0.25) is 11.8 Å². The topological polar surface area (TPSA) is 99.8 Å². The fraction of sp³-hybridized carbons (Fsp3) is 0.333. The van der Waals surface area contributed by atoms with Gasteiger partial charge in [0, 0.05) is 19.0 Å². The van der Waals surface area contributed by atoms with E-state index in [2.05, 4.69) is 15.1 Å². The van der Waals surface area contributed by atoms with Crippen LogP contribution in [-0.4, -0.2) is 59.3 Å². The molecule has 1 aromatic carbocycles. The molecule has 0 aliphatic carbocycles. The molecule has 1 fully saturated rings. The first-order valence-corrected chi connectivity index (χ1v) is 9.53. The summed E-state index contributed by atoms with van der Waals surface area (Å²) >= 11 is 0. The Morgan fingerprint density at radius 3 is 2.70 bits per heavy atom. The summed E-state index contributed by atoms with van der Waals surface area (Å²) in [6, 6.07) is 10.8. The molecular formula is C21H22N4O5. The number of aromatic nitrogens is 3. The number of hydrogen-bond acceptors (Lipinski definition) is 8. The SMILES string of the molecule is COc1ccc(C(=O)N2CCC(Oc3ccccc3-c3nc(C)no3)C2)c(OC)n1. The Labute approximate surface area is 173 Å². The zero-order valence-corrected chi connectivity index (χ0v) is 17.0. The summed E-state index contributed by atoms with van der Waals surface area (Å²) in [4.78, 5) is 23.2. The second kappa shape index (κ2) is 8.40. The first kappa shape index (κ1) is 19.7. The lowest BCUT2D eigenvalue weighted by molar-refractivity contribution is 0.0768. The molecule has 1 saturated heterocycles. The maximum absolute atomic E-state index is 13.0. The van der Waals surface area contributed by atoms with Crippen molar-refractivity contribution in [3.8, 4) is 29.0 Å². The van der Waals surface area contributed by atoms with Crippen LogP contribution >= 0.6 is 0 Å². The van der Waals surface area contributed by atoms with E-state index in [0.717, 1.165) is 5.56 Å². The second-order valence-electron chi connectivity index (χ2n) is 6.83. The number of methoxy groups -OCH3 is 2. The third-order valence-corrected chi connectivity index (χ3v) is 4.84. The number of carbonyl (C=O) groups excluding carboxylic acids is 1. The molecule has 2 aromatic heterocycles. The first-order chi connectivity index (χ1) is 14.6. The van der Waals surface area contributed by atoms with Gasteiger partial charge in [-0.3, -0.25) is 4.79 Å². The smallest absolute Gasteiger partial charge is 0.261 e. The van der Waals surface area contributed by atoms with Crippen molar-refractivity contribution in [1.29, 1.82) is 0 Å². The van der Waals surface area contributed by atoms with Crippen molar-refractivity contribution in [2.45, 2.75) is 19.4 Å². The summed E-state index contributed by atoms with van der Waals surface area (Å²) in [7, 11) is 2.99. The van der Waals surface area contributed by atoms with Crippen LogP contribution in [0.2, 0.25) is 0 Å². The van der Waals surface area contributed by atoms with Crippen LogP contribution in [0.15, 0.2) is 40.9 Å². The summed E-state index contributed by atoms with van der Waals surface area (Å²) in [6.07, 6.45) is 0.547. The van der Waals surface area contributed by atoms with Crippen LogP contribution in [0.1, 0.15) is 22.6 Å². The standard InChI is InChI=1S/C21H22N4O5/c1-13-22-20(30-24-13)15-6-4-5-7-17(15)29-14-10-11-25(12-14)21(26)16-8-9-18(27-2)23-19(16)28-3/h4-9,14H,10-12H2,1-3H3. The van der Waals surface area contributed by atoms with Gasteiger partial charge in [-0.2, -0.15) is 9.97 Å². The fourth-order valence-electron chi connectivity index (χ4n) is 3.37. The van der Waals surface area contributed by atoms with Crippen molar-refractivity contribution in [1.82, 2.24) is 20.0 Å². The number of carbonyl (C=O) groups is 1. The number of pyridine rings is 1. The zero-order chi connectivity index (χ0) is 21.1. The minimum atomic E-state index is -0.158. The molecule has 9 heteroatoms. The lowest BCUT2D eigenvalue weighted by Gasteiger charge is -2.19. The van der Waals surface area contributed by atoms with Gasteiger partial charge in [-0.25, -0.2) is 0 Å². The van der Waals surface area contributed by atoms with Crippen molar-refractivity contribution in [2.24, 2.45) is 0 Å². The molecule has 3 heterocycles. The third-order valence-electron chi connectivity index (χ3n) is 4.84. The van der Waals surface area contributed by atoms with Crippen LogP contribution in [-0.2, 0) is 0 Å². The van der Waals surface area contributed by atoms with Crippen molar-refractivity contribution < 1.29 is 23.5 Å². The van der Waals surface area contributed by atoms with Gasteiger partial charge in [-0.05, 0) is 25.1 Å². The lowest BCUT2D eigenvalue weighted by Crippen LogP contribution is -2.31. The van der Waals surface area contributed by atoms with E-state index >= 15 is 0 Å². The van der Waals surface area contributed by atoms with E-state index in [1.807, 2.05) is 24.3 Å². The van der Waals surface area contributed by atoms with E-state index in [-0.39, 0.29) is 17.9 Å². The highest BCUT2D eigenvalue weighted by Crippen LogP contribution is 2.31. The predicted octanol–water partition coefficient (Wildman–Crippen LogP) is 2.75. The molecule has 30 heavy (non-hydrogen) atoms. The molecule has 9 nitrogen and oxygen atoms in total. The number of likely N-dealkylation sites (tertiary alicyclic amines) is 1. The van der Waals surface area contributed by atoms with Gasteiger partial charge in [-0.1, -0.05) is 17.3 Å². The normalized spacial score (nSPS) is 15.8. The quantitative estimate of drug-likeness (QED) is 0.612. The minimum absolute atomic E-state index is 0.156. The molecule has 0 bridgehead atoms. The van der Waals surface area contributed by atoms with Gasteiger partial charge in [0.25, 0.3) is 11.8 Å². The number of amides is 1. The van der Waals surface area contributed by atoms with Gasteiger partial charge in [0.05, 0.1) is 26.3 Å². The Morgan fingerprint density at radius 2 is 1.97 bits per heavy atom. The molecule has 1 aliphatic heterocycles. The highest BCUT2D eigenvalue weighted by atomic mass is 16.5. The molecule has 3 aromatic rings. The molecule has 1 atom stereocenters. The highest BCUT2D eigenvalue weighted by molar-refractivity contribution is 5.96. The van der Waals surface area contributed by atoms with Crippen LogP contribution in [0.3, 0.4) is 0 Å². The largest absolute Gasteiger partial charge is 0.488 e. The highest BCUT2D eigenvalue weighted by Gasteiger charge is 2.31. The van der Waals surface area contributed by atoms with Gasteiger partial charge >= 0.3 is 0 Å². The predicted molar refractivity (Wildman–Crippen MR) is 107 cm³/mol. The Hall–Kier alpha value is -3.62. The van der Waals surface area contributed by atoms with E-state index in [9.17, 15) is 4.79 Å². The molecule has 1 unspecified atom stereocenters. The zero-order valence-electron chi connectivity index (χ0n) is 17.0. The van der Waals surface area contributed by atoms with Gasteiger partial charge in [0.15, 0.2) is 5.82 Å². The Bertz CT molecular complexity index is 1050. The molecule has 0 radical (unpaired) electrons. The molecular weight excluding hydrogens is 388 g/mol. The van der Waals surface area contributed by atoms with E-state index in [1.54, 1.807) is 24.0 Å². The minimum Gasteiger partial charge on any atom is -0.488 e. The number of rotatable bonds is 6. The molecule has 0 spiro atoms. The van der Waals surface area contributed by atoms with Crippen LogP contribution < -0.4 is 14.2 Å². The Kier molecular flexibility index (Phi) is 5.51. The first-order valence-electron chi connectivity index (χ1n) is 9.53. The lowest BCUT2D eigenvalue weighted by atomic mass is 10.2. The number of benzene rings is 1. The van der Waals surface area contributed by atoms with E-state index in [4.69, 9.17) is 18.7 Å². The van der Waals surface area contributed by atoms with E-state index < -0.39 is 0 Å². The number of ether oxygens (including phenoxy) is 3. The van der Waals surface area contributed by atoms with Gasteiger partial charge in [-0.15, -0.1) is 0 Å². The van der Waals surface area contributed by atoms with Crippen molar-refractivity contribution in [3.05, 3.63) is 47.8 Å². The van der Waals surface area contributed by atoms with Crippen LogP contribution in [0.25, 0.3) is 11.5 Å². The molecule has 156 valence electrons. The summed E-state index contributed by atoms with van der Waals surface area (Å²) in [5.41, 5.74) is 1.12. The van der Waals surface area contributed by atoms with Gasteiger partial charge in [0.1, 0.15) is 17.4 Å². The monoisotopic (exact) mass is 410 g/mol. The number of para-hydroxylation sites is 1. The Balaban J connectivity index is 1.48. The maximum Gasteiger partial charge on any atom is 0.261 e. The third kappa shape index (κ3) is 3.91. The molecule has 4 rings (SSSR count). The Morgan fingerprint density at radius 1 is 1.13 bits per heavy atom. The fourth-order valence-corrected chi connectivity index (χ4v) is 3.37. The van der Waals surface area contributed by atoms with Crippen LogP contribution in [0.5, 0.6) is 17.5 Å². The summed E-state index contributed by atoms with van der Waals surface area (Å²) in [5, 5.41) is 3.84. The summed E-state index contributed by atoms with van der Waals surface area (Å²) < 4.78 is 21.8. The van der Waals surface area contributed by atoms with Crippen molar-refractivity contribution in [3.63, 3.8) is 0 Å². The van der Waals surface area contributed by atoms with Crippen LogP contribution in [0, 0.1) is 6.92 Å². The molecule has 1 aliphatic rings. The van der Waals surface area contributed by atoms with E-state index in [1.165, 1.54) is 14.2 Å². The average molecular weight is 410 g/mol. The van der Waals surface area contributed by atoms with Crippen molar-refractivity contribution in [2.75, 3.05) is 27.3 Å². The molecule has 0 saturated carbocycles. The average Bonchev–Trinajstić information content (AvgIpc) is 3.42. The maximum atomic E-state index is 13.0. The van der Waals surface area contributed by atoms with Crippen molar-refractivity contribution >= 4 is 5.91 Å². The summed E-state index contributed by atoms with van der Waals surface area (Å²) in [6.45, 7) is 2.78. The van der Waals surface area contributed by atoms with Crippen LogP contribution in [0.4, 0.5) is 0 Å². The molecule has 0 N–H and O–H groups in total.